The average molecular weight is 475 g/mol. The molecule has 0 saturated carbocycles. The van der Waals surface area contributed by atoms with Gasteiger partial charge in [-0.1, -0.05) is 30.2 Å². The summed E-state index contributed by atoms with van der Waals surface area (Å²) in [5, 5.41) is 0.447. The summed E-state index contributed by atoms with van der Waals surface area (Å²) in [5.41, 5.74) is 1.56. The van der Waals surface area contributed by atoms with Gasteiger partial charge in [-0.15, -0.1) is 0 Å². The number of halogens is 2. The number of hydrogen-bond acceptors (Lipinski definition) is 4. The van der Waals surface area contributed by atoms with Crippen molar-refractivity contribution in [2.24, 2.45) is 0 Å². The molecule has 5 nitrogen and oxygen atoms in total. The van der Waals surface area contributed by atoms with E-state index in [1.807, 2.05) is 29.2 Å². The van der Waals surface area contributed by atoms with Crippen molar-refractivity contribution in [3.63, 3.8) is 0 Å². The molecule has 0 spiro atoms. The Labute approximate surface area is 200 Å². The molecule has 2 bridgehead atoms. The van der Waals surface area contributed by atoms with Crippen LogP contribution in [0.25, 0.3) is 0 Å². The number of fused-ring (bicyclic) bond motifs is 3. The largest absolute Gasteiger partial charge is 0.492 e. The molecule has 2 heterocycles. The van der Waals surface area contributed by atoms with Gasteiger partial charge in [0.15, 0.2) is 0 Å². The minimum Gasteiger partial charge on any atom is -0.492 e. The van der Waals surface area contributed by atoms with Crippen LogP contribution < -0.4 is 4.74 Å². The van der Waals surface area contributed by atoms with Crippen LogP contribution >= 0.6 is 11.6 Å². The van der Waals surface area contributed by atoms with Crippen LogP contribution in [0.5, 0.6) is 5.75 Å². The molecule has 2 aliphatic rings. The van der Waals surface area contributed by atoms with Crippen molar-refractivity contribution in [1.29, 1.82) is 0 Å². The van der Waals surface area contributed by atoms with Gasteiger partial charge in [0.1, 0.15) is 18.2 Å². The molecule has 0 N–H and O–H groups in total. The summed E-state index contributed by atoms with van der Waals surface area (Å²) in [6.45, 7) is 3.47. The Hall–Kier alpha value is -2.15. The van der Waals surface area contributed by atoms with Crippen LogP contribution in [0.1, 0.15) is 48.0 Å². The van der Waals surface area contributed by atoms with E-state index in [2.05, 4.69) is 4.90 Å². The number of rotatable bonds is 3. The lowest BCUT2D eigenvalue weighted by Gasteiger charge is -2.41. The molecule has 178 valence electrons. The molecule has 2 aromatic rings. The highest BCUT2D eigenvalue weighted by Gasteiger charge is 2.34. The Bertz CT molecular complexity index is 957. The predicted octanol–water partition coefficient (Wildman–Crippen LogP) is 5.16. The molecule has 1 amide bonds. The molecule has 0 radical (unpaired) electrons. The smallest absolute Gasteiger partial charge is 0.254 e. The fourth-order valence-electron chi connectivity index (χ4n) is 4.92. The summed E-state index contributed by atoms with van der Waals surface area (Å²) in [6, 6.07) is 12.1. The van der Waals surface area contributed by atoms with Crippen molar-refractivity contribution in [3.8, 4) is 5.75 Å². The molecule has 1 fully saturated rings. The quantitative estimate of drug-likeness (QED) is 0.616. The van der Waals surface area contributed by atoms with Gasteiger partial charge in [-0.3, -0.25) is 9.69 Å². The first-order chi connectivity index (χ1) is 16.0. The van der Waals surface area contributed by atoms with Crippen molar-refractivity contribution in [3.05, 3.63) is 64.4 Å². The lowest BCUT2D eigenvalue weighted by molar-refractivity contribution is -0.0156. The molecule has 4 rings (SSSR count). The first-order valence-corrected chi connectivity index (χ1v) is 12.2. The van der Waals surface area contributed by atoms with Gasteiger partial charge in [0.05, 0.1) is 12.1 Å². The summed E-state index contributed by atoms with van der Waals surface area (Å²) >= 11 is 6.29. The molecule has 1 saturated heterocycles. The average Bonchev–Trinajstić information content (AvgIpc) is 2.82. The second-order valence-corrected chi connectivity index (χ2v) is 9.27. The molecule has 0 aromatic heterocycles. The SMILES string of the molecule is CO[C@@H]1CCCN2C(=O)c3cccc(c3)OCCN(Cc3ccc(F)cc3Cl)CCCC[C@H]12. The maximum absolute atomic E-state index is 13.5. The lowest BCUT2D eigenvalue weighted by Crippen LogP contribution is -2.51. The van der Waals surface area contributed by atoms with Crippen molar-refractivity contribution in [2.45, 2.75) is 50.8 Å². The van der Waals surface area contributed by atoms with Crippen molar-refractivity contribution >= 4 is 17.5 Å². The fraction of sp³-hybridized carbons (Fsp3) is 0.500. The van der Waals surface area contributed by atoms with Crippen LogP contribution in [0.3, 0.4) is 0 Å². The van der Waals surface area contributed by atoms with Crippen LogP contribution in [0, 0.1) is 5.82 Å². The predicted molar refractivity (Wildman–Crippen MR) is 127 cm³/mol. The zero-order valence-corrected chi connectivity index (χ0v) is 19.9. The minimum atomic E-state index is -0.327. The molecule has 2 aliphatic heterocycles. The highest BCUT2D eigenvalue weighted by atomic mass is 35.5. The third kappa shape index (κ3) is 6.05. The maximum atomic E-state index is 13.5. The number of hydrogen-bond donors (Lipinski definition) is 0. The van der Waals surface area contributed by atoms with E-state index in [4.69, 9.17) is 21.1 Å². The normalized spacial score (nSPS) is 22.9. The van der Waals surface area contributed by atoms with Crippen LogP contribution in [0.15, 0.2) is 42.5 Å². The molecule has 2 atom stereocenters. The number of benzene rings is 2. The lowest BCUT2D eigenvalue weighted by atomic mass is 9.93. The Morgan fingerprint density at radius 1 is 1.09 bits per heavy atom. The Morgan fingerprint density at radius 2 is 1.97 bits per heavy atom. The molecule has 2 aromatic carbocycles. The Kier molecular flexibility index (Phi) is 8.23. The molecular formula is C26H32ClFN2O3. The van der Waals surface area contributed by atoms with Crippen molar-refractivity contribution < 1.29 is 18.7 Å². The minimum absolute atomic E-state index is 0.0526. The standard InChI is InChI=1S/C26H32ClFN2O3/c1-32-25-9-5-13-30-24(25)8-2-3-12-29(18-20-10-11-21(28)17-23(20)27)14-15-33-22-7-4-6-19(16-22)26(30)31/h4,6-7,10-11,16-17,24-25H,2-3,5,8-9,12-15,18H2,1H3/t24-,25-/m1/s1. The van der Waals surface area contributed by atoms with Gasteiger partial charge in [-0.25, -0.2) is 4.39 Å². The second-order valence-electron chi connectivity index (χ2n) is 8.87. The number of piperidine rings is 1. The number of ether oxygens (including phenoxy) is 2. The number of amides is 1. The summed E-state index contributed by atoms with van der Waals surface area (Å²) in [6.07, 6.45) is 4.86. The van der Waals surface area contributed by atoms with Crippen LogP contribution in [0.4, 0.5) is 4.39 Å². The zero-order valence-electron chi connectivity index (χ0n) is 19.1. The van der Waals surface area contributed by atoms with Gasteiger partial charge in [-0.05, 0) is 68.1 Å². The first kappa shape index (κ1) is 24.0. The van der Waals surface area contributed by atoms with Crippen LogP contribution in [-0.2, 0) is 11.3 Å². The van der Waals surface area contributed by atoms with Crippen LogP contribution in [-0.4, -0.2) is 61.2 Å². The Balaban J connectivity index is 1.54. The van der Waals surface area contributed by atoms with E-state index in [1.165, 1.54) is 12.1 Å². The fourth-order valence-corrected chi connectivity index (χ4v) is 5.14. The van der Waals surface area contributed by atoms with E-state index in [9.17, 15) is 9.18 Å². The molecule has 33 heavy (non-hydrogen) atoms. The van der Waals surface area contributed by atoms with E-state index >= 15 is 0 Å². The van der Waals surface area contributed by atoms with Gasteiger partial charge in [0, 0.05) is 37.3 Å². The Morgan fingerprint density at radius 3 is 2.79 bits per heavy atom. The van der Waals surface area contributed by atoms with E-state index < -0.39 is 0 Å². The summed E-state index contributed by atoms with van der Waals surface area (Å²) in [7, 11) is 1.74. The van der Waals surface area contributed by atoms with Crippen molar-refractivity contribution in [2.75, 3.05) is 33.4 Å². The maximum Gasteiger partial charge on any atom is 0.254 e. The van der Waals surface area contributed by atoms with Crippen molar-refractivity contribution in [1.82, 2.24) is 9.80 Å². The highest BCUT2D eigenvalue weighted by Crippen LogP contribution is 2.27. The van der Waals surface area contributed by atoms with Gasteiger partial charge < -0.3 is 14.4 Å². The van der Waals surface area contributed by atoms with E-state index in [1.54, 1.807) is 13.2 Å². The van der Waals surface area contributed by atoms with Gasteiger partial charge in [-0.2, -0.15) is 0 Å². The second kappa shape index (κ2) is 11.3. The highest BCUT2D eigenvalue weighted by molar-refractivity contribution is 6.31. The zero-order chi connectivity index (χ0) is 23.2. The topological polar surface area (TPSA) is 42.0 Å². The van der Waals surface area contributed by atoms with E-state index in [0.29, 0.717) is 36.0 Å². The molecule has 0 aliphatic carbocycles. The van der Waals surface area contributed by atoms with Gasteiger partial charge >= 0.3 is 0 Å². The molecule has 7 heteroatoms. The van der Waals surface area contributed by atoms with Gasteiger partial charge in [0.25, 0.3) is 5.91 Å². The van der Waals surface area contributed by atoms with E-state index in [-0.39, 0.29) is 23.9 Å². The number of methoxy groups -OCH3 is 1. The first-order valence-electron chi connectivity index (χ1n) is 11.8. The number of carbonyl (C=O) groups is 1. The van der Waals surface area contributed by atoms with Crippen LogP contribution in [0.2, 0.25) is 5.02 Å². The number of carbonyl (C=O) groups excluding carboxylic acids is 1. The van der Waals surface area contributed by atoms with Gasteiger partial charge in [0.2, 0.25) is 0 Å². The monoisotopic (exact) mass is 474 g/mol. The molecule has 0 unspecified atom stereocenters. The third-order valence-electron chi connectivity index (χ3n) is 6.67. The third-order valence-corrected chi connectivity index (χ3v) is 7.02. The summed E-state index contributed by atoms with van der Waals surface area (Å²) < 4.78 is 25.3. The number of nitrogens with zero attached hydrogens (tertiary/aromatic N) is 2. The summed E-state index contributed by atoms with van der Waals surface area (Å²) in [5.74, 6) is 0.415. The molecular weight excluding hydrogens is 443 g/mol. The van der Waals surface area contributed by atoms with E-state index in [0.717, 1.165) is 50.8 Å². The summed E-state index contributed by atoms with van der Waals surface area (Å²) in [4.78, 5) is 17.6.